The maximum atomic E-state index is 15.7. The first-order chi connectivity index (χ1) is 18.4. The third-order valence-corrected chi connectivity index (χ3v) is 9.19. The standard InChI is InChI=1S/C29H35ClFN3O3S/c1-20-6-3-4-7-26(20)38-17-5-14-34-15-12-29(13-16-34,28(35)33-36)11-10-24(31)27-22-18-21(37-2)8-9-25(22)32-19-23(27)30/h3-4,6-9,18-19,24,36H,5,10-17H2,1-2H3,(H,33,35)/t24-/m1/s1. The number of benzene rings is 2. The number of halogens is 2. The number of piperidine rings is 1. The first-order valence-electron chi connectivity index (χ1n) is 13.0. The number of likely N-dealkylation sites (tertiary alicyclic amines) is 1. The van der Waals surface area contributed by atoms with Crippen molar-refractivity contribution in [3.8, 4) is 5.75 Å². The number of carbonyl (C=O) groups is 1. The number of hydrogen-bond donors (Lipinski definition) is 2. The van der Waals surface area contributed by atoms with Gasteiger partial charge in [0.15, 0.2) is 0 Å². The molecule has 38 heavy (non-hydrogen) atoms. The number of alkyl halides is 1. The lowest BCUT2D eigenvalue weighted by Gasteiger charge is -2.40. The van der Waals surface area contributed by atoms with Crippen LogP contribution in [0.15, 0.2) is 53.6 Å². The smallest absolute Gasteiger partial charge is 0.249 e. The molecule has 1 atom stereocenters. The fourth-order valence-electron chi connectivity index (χ4n) is 5.26. The lowest BCUT2D eigenvalue weighted by atomic mass is 9.73. The van der Waals surface area contributed by atoms with Gasteiger partial charge in [0.2, 0.25) is 5.91 Å². The van der Waals surface area contributed by atoms with Gasteiger partial charge in [0.1, 0.15) is 11.9 Å². The number of hydrogen-bond acceptors (Lipinski definition) is 6. The summed E-state index contributed by atoms with van der Waals surface area (Å²) in [6.45, 7) is 4.54. The Balaban J connectivity index is 1.36. The van der Waals surface area contributed by atoms with E-state index in [-0.39, 0.29) is 11.4 Å². The molecule has 9 heteroatoms. The topological polar surface area (TPSA) is 74.7 Å². The predicted molar refractivity (Wildman–Crippen MR) is 151 cm³/mol. The van der Waals surface area contributed by atoms with Gasteiger partial charge in [0.25, 0.3) is 0 Å². The van der Waals surface area contributed by atoms with E-state index in [4.69, 9.17) is 16.3 Å². The second kappa shape index (κ2) is 13.1. The Labute approximate surface area is 232 Å². The molecule has 1 aromatic heterocycles. The van der Waals surface area contributed by atoms with E-state index in [0.717, 1.165) is 31.8 Å². The maximum Gasteiger partial charge on any atom is 0.249 e. The Morgan fingerprint density at radius 2 is 2.05 bits per heavy atom. The van der Waals surface area contributed by atoms with Crippen molar-refractivity contribution in [3.63, 3.8) is 0 Å². The number of methoxy groups -OCH3 is 1. The number of amides is 1. The van der Waals surface area contributed by atoms with Gasteiger partial charge in [0, 0.05) is 22.0 Å². The van der Waals surface area contributed by atoms with E-state index in [0.29, 0.717) is 41.5 Å². The number of fused-ring (bicyclic) bond motifs is 1. The molecule has 0 spiro atoms. The molecule has 0 bridgehead atoms. The number of pyridine rings is 1. The van der Waals surface area contributed by atoms with Gasteiger partial charge in [-0.3, -0.25) is 15.0 Å². The Hall–Kier alpha value is -2.39. The van der Waals surface area contributed by atoms with Crippen LogP contribution in [0.2, 0.25) is 5.02 Å². The van der Waals surface area contributed by atoms with Gasteiger partial charge >= 0.3 is 0 Å². The van der Waals surface area contributed by atoms with Crippen LogP contribution >= 0.6 is 23.4 Å². The molecule has 0 unspecified atom stereocenters. The average Bonchev–Trinajstić information content (AvgIpc) is 2.94. The highest BCUT2D eigenvalue weighted by Crippen LogP contribution is 2.42. The molecule has 1 amide bonds. The van der Waals surface area contributed by atoms with Crippen LogP contribution in [0, 0.1) is 12.3 Å². The van der Waals surface area contributed by atoms with Crippen molar-refractivity contribution < 1.29 is 19.1 Å². The van der Waals surface area contributed by atoms with E-state index in [9.17, 15) is 10.0 Å². The van der Waals surface area contributed by atoms with Crippen molar-refractivity contribution in [2.75, 3.05) is 32.5 Å². The van der Waals surface area contributed by atoms with Crippen LogP contribution in [0.1, 0.15) is 49.4 Å². The number of ether oxygens (including phenoxy) is 1. The number of aromatic nitrogens is 1. The van der Waals surface area contributed by atoms with Gasteiger partial charge < -0.3 is 9.64 Å². The molecule has 2 heterocycles. The van der Waals surface area contributed by atoms with Crippen molar-refractivity contribution in [2.45, 2.75) is 50.1 Å². The van der Waals surface area contributed by atoms with Gasteiger partial charge in [-0.25, -0.2) is 9.87 Å². The van der Waals surface area contributed by atoms with Gasteiger partial charge in [-0.1, -0.05) is 29.8 Å². The van der Waals surface area contributed by atoms with Crippen LogP contribution in [0.5, 0.6) is 5.75 Å². The molecule has 4 rings (SSSR count). The fourth-order valence-corrected chi connectivity index (χ4v) is 6.50. The Kier molecular flexibility index (Phi) is 9.87. The molecule has 6 nitrogen and oxygen atoms in total. The molecule has 0 saturated carbocycles. The van der Waals surface area contributed by atoms with Gasteiger partial charge in [0.05, 0.1) is 23.1 Å². The van der Waals surface area contributed by atoms with Gasteiger partial charge in [-0.15, -0.1) is 11.8 Å². The van der Waals surface area contributed by atoms with E-state index < -0.39 is 17.5 Å². The van der Waals surface area contributed by atoms with Crippen molar-refractivity contribution in [1.82, 2.24) is 15.4 Å². The molecule has 1 fully saturated rings. The zero-order chi connectivity index (χ0) is 27.1. The normalized spacial score (nSPS) is 16.3. The van der Waals surface area contributed by atoms with Crippen LogP contribution in [-0.4, -0.2) is 53.5 Å². The summed E-state index contributed by atoms with van der Waals surface area (Å²) in [6.07, 6.45) is 2.66. The second-order valence-corrected chi connectivity index (χ2v) is 11.5. The molecular weight excluding hydrogens is 525 g/mol. The molecule has 3 aromatic rings. The first-order valence-corrected chi connectivity index (χ1v) is 14.3. The lowest BCUT2D eigenvalue weighted by molar-refractivity contribution is -0.143. The molecule has 1 aliphatic rings. The van der Waals surface area contributed by atoms with Gasteiger partial charge in [-0.05, 0) is 94.2 Å². The number of nitrogens with one attached hydrogen (secondary N) is 1. The van der Waals surface area contributed by atoms with Crippen molar-refractivity contribution in [1.29, 1.82) is 0 Å². The number of rotatable bonds is 11. The van der Waals surface area contributed by atoms with Crippen LogP contribution in [0.25, 0.3) is 10.9 Å². The molecule has 204 valence electrons. The largest absolute Gasteiger partial charge is 0.497 e. The summed E-state index contributed by atoms with van der Waals surface area (Å²) in [7, 11) is 1.55. The van der Waals surface area contributed by atoms with Crippen LogP contribution in [0.4, 0.5) is 4.39 Å². The van der Waals surface area contributed by atoms with Crippen molar-refractivity contribution >= 4 is 40.2 Å². The average molecular weight is 560 g/mol. The fraction of sp³-hybridized carbons (Fsp3) is 0.448. The highest BCUT2D eigenvalue weighted by molar-refractivity contribution is 7.99. The quantitative estimate of drug-likeness (QED) is 0.117. The third kappa shape index (κ3) is 6.60. The van der Waals surface area contributed by atoms with Gasteiger partial charge in [-0.2, -0.15) is 0 Å². The lowest BCUT2D eigenvalue weighted by Crippen LogP contribution is -2.48. The predicted octanol–water partition coefficient (Wildman–Crippen LogP) is 6.77. The van der Waals surface area contributed by atoms with E-state index in [1.54, 1.807) is 25.3 Å². The summed E-state index contributed by atoms with van der Waals surface area (Å²) in [6, 6.07) is 13.7. The number of aryl methyl sites for hydroxylation is 1. The summed E-state index contributed by atoms with van der Waals surface area (Å²) >= 11 is 8.26. The van der Waals surface area contributed by atoms with Crippen LogP contribution in [-0.2, 0) is 4.79 Å². The van der Waals surface area contributed by atoms with Crippen LogP contribution in [0.3, 0.4) is 0 Å². The Morgan fingerprint density at radius 1 is 1.29 bits per heavy atom. The maximum absolute atomic E-state index is 15.7. The van der Waals surface area contributed by atoms with Crippen LogP contribution < -0.4 is 10.2 Å². The summed E-state index contributed by atoms with van der Waals surface area (Å²) < 4.78 is 21.1. The minimum Gasteiger partial charge on any atom is -0.497 e. The molecule has 1 aliphatic heterocycles. The number of hydroxylamine groups is 1. The monoisotopic (exact) mass is 559 g/mol. The number of nitrogens with zero attached hydrogens (tertiary/aromatic N) is 2. The molecule has 0 aliphatic carbocycles. The summed E-state index contributed by atoms with van der Waals surface area (Å²) in [5, 5.41) is 10.3. The number of carbonyl (C=O) groups excluding carboxylic acids is 1. The molecule has 1 saturated heterocycles. The molecule has 2 aromatic carbocycles. The highest BCUT2D eigenvalue weighted by Gasteiger charge is 2.41. The molecule has 2 N–H and O–H groups in total. The van der Waals surface area contributed by atoms with E-state index in [1.807, 2.05) is 17.2 Å². The molecule has 0 radical (unpaired) electrons. The molecular formula is C29H35ClFN3O3S. The third-order valence-electron chi connectivity index (χ3n) is 7.62. The minimum atomic E-state index is -1.39. The Bertz CT molecular complexity index is 1250. The van der Waals surface area contributed by atoms with E-state index in [2.05, 4.69) is 41.1 Å². The SMILES string of the molecule is COc1ccc2ncc(Cl)c([C@H](F)CCC3(C(=O)NO)CCN(CCCSc4ccccc4C)CC3)c2c1. The summed E-state index contributed by atoms with van der Waals surface area (Å²) in [4.78, 5) is 20.8. The zero-order valence-electron chi connectivity index (χ0n) is 21.9. The van der Waals surface area contributed by atoms with E-state index >= 15 is 4.39 Å². The first kappa shape index (κ1) is 28.6. The zero-order valence-corrected chi connectivity index (χ0v) is 23.5. The second-order valence-electron chi connectivity index (χ2n) is 9.94. The Morgan fingerprint density at radius 3 is 2.76 bits per heavy atom. The number of thioether (sulfide) groups is 1. The summed E-state index contributed by atoms with van der Waals surface area (Å²) in [5.41, 5.74) is 3.31. The van der Waals surface area contributed by atoms with Crippen molar-refractivity contribution in [3.05, 3.63) is 64.8 Å². The van der Waals surface area contributed by atoms with E-state index in [1.165, 1.54) is 16.7 Å². The summed E-state index contributed by atoms with van der Waals surface area (Å²) in [5.74, 6) is 1.18. The highest BCUT2D eigenvalue weighted by atomic mass is 35.5. The van der Waals surface area contributed by atoms with Crippen molar-refractivity contribution in [2.24, 2.45) is 5.41 Å². The minimum absolute atomic E-state index is 0.108.